The fourth-order valence-corrected chi connectivity index (χ4v) is 1.02. The third-order valence-corrected chi connectivity index (χ3v) is 1.79. The summed E-state index contributed by atoms with van der Waals surface area (Å²) >= 11 is 0. The molecule has 0 unspecified atom stereocenters. The highest BCUT2D eigenvalue weighted by Gasteiger charge is 2.01. The molecule has 0 saturated heterocycles. The first-order chi connectivity index (χ1) is 6.81. The summed E-state index contributed by atoms with van der Waals surface area (Å²) in [6.45, 7) is 1.15. The number of unbranched alkanes of at least 4 members (excludes halogenated alkanes) is 2. The van der Waals surface area contributed by atoms with Crippen LogP contribution in [-0.2, 0) is 14.3 Å². The number of hydrogen-bond acceptors (Lipinski definition) is 4. The number of ether oxygens (including phenoxy) is 2. The van der Waals surface area contributed by atoms with Crippen molar-refractivity contribution in [2.24, 2.45) is 0 Å². The Bertz CT molecular complexity index is 136. The zero-order valence-electron chi connectivity index (χ0n) is 8.83. The van der Waals surface area contributed by atoms with Crippen LogP contribution in [0.2, 0.25) is 0 Å². The molecule has 0 heterocycles. The van der Waals surface area contributed by atoms with E-state index in [0.29, 0.717) is 19.4 Å². The molecule has 0 aliphatic rings. The molecule has 0 saturated carbocycles. The predicted molar refractivity (Wildman–Crippen MR) is 53.0 cm³/mol. The van der Waals surface area contributed by atoms with Gasteiger partial charge in [-0.15, -0.1) is 0 Å². The average Bonchev–Trinajstić information content (AvgIpc) is 2.18. The summed E-state index contributed by atoms with van der Waals surface area (Å²) in [4.78, 5) is 11.0. The van der Waals surface area contributed by atoms with Crippen molar-refractivity contribution in [2.75, 3.05) is 26.9 Å². The van der Waals surface area contributed by atoms with Crippen LogP contribution < -0.4 is 0 Å². The van der Waals surface area contributed by atoms with Crippen LogP contribution >= 0.6 is 0 Å². The van der Waals surface area contributed by atoms with Crippen molar-refractivity contribution in [1.29, 1.82) is 0 Å². The largest absolute Gasteiger partial charge is 0.466 e. The van der Waals surface area contributed by atoms with Crippen LogP contribution in [0.15, 0.2) is 0 Å². The molecule has 0 rings (SSSR count). The first-order valence-electron chi connectivity index (χ1n) is 5.06. The molecule has 0 aliphatic heterocycles. The topological polar surface area (TPSA) is 55.8 Å². The van der Waals surface area contributed by atoms with Gasteiger partial charge in [-0.25, -0.2) is 0 Å². The molecule has 0 aliphatic carbocycles. The normalized spacial score (nSPS) is 10.1. The van der Waals surface area contributed by atoms with E-state index >= 15 is 0 Å². The van der Waals surface area contributed by atoms with Gasteiger partial charge in [-0.2, -0.15) is 0 Å². The van der Waals surface area contributed by atoms with Crippen molar-refractivity contribution in [3.63, 3.8) is 0 Å². The Hall–Kier alpha value is -0.610. The minimum Gasteiger partial charge on any atom is -0.466 e. The molecule has 0 aromatic carbocycles. The second-order valence-electron chi connectivity index (χ2n) is 3.10. The van der Waals surface area contributed by atoms with E-state index < -0.39 is 0 Å². The molecule has 0 fully saturated rings. The lowest BCUT2D eigenvalue weighted by molar-refractivity contribution is -0.144. The van der Waals surface area contributed by atoms with Crippen molar-refractivity contribution in [1.82, 2.24) is 0 Å². The van der Waals surface area contributed by atoms with Crippen molar-refractivity contribution in [2.45, 2.75) is 32.1 Å². The summed E-state index contributed by atoms with van der Waals surface area (Å²) in [7, 11) is 1.67. The predicted octanol–water partition coefficient (Wildman–Crippen LogP) is 1.12. The number of aliphatic hydroxyl groups excluding tert-OH is 1. The van der Waals surface area contributed by atoms with Crippen molar-refractivity contribution in [3.05, 3.63) is 0 Å². The molecule has 84 valence electrons. The smallest absolute Gasteiger partial charge is 0.305 e. The minimum atomic E-state index is -0.170. The highest BCUT2D eigenvalue weighted by atomic mass is 16.5. The first kappa shape index (κ1) is 13.4. The van der Waals surface area contributed by atoms with E-state index in [1.54, 1.807) is 7.11 Å². The molecule has 0 radical (unpaired) electrons. The number of carbonyl (C=O) groups is 1. The number of esters is 1. The molecule has 4 nitrogen and oxygen atoms in total. The van der Waals surface area contributed by atoms with Gasteiger partial charge in [0.1, 0.15) is 0 Å². The maximum Gasteiger partial charge on any atom is 0.305 e. The Morgan fingerprint density at radius 2 is 1.93 bits per heavy atom. The molecular weight excluding hydrogens is 184 g/mol. The van der Waals surface area contributed by atoms with E-state index in [0.717, 1.165) is 25.9 Å². The van der Waals surface area contributed by atoms with E-state index in [2.05, 4.69) is 0 Å². The van der Waals surface area contributed by atoms with Gasteiger partial charge in [0.25, 0.3) is 0 Å². The number of methoxy groups -OCH3 is 1. The third-order valence-electron chi connectivity index (χ3n) is 1.79. The average molecular weight is 204 g/mol. The Balaban J connectivity index is 3.10. The van der Waals surface area contributed by atoms with Gasteiger partial charge in [-0.05, 0) is 12.8 Å². The minimum absolute atomic E-state index is 0.0706. The highest BCUT2D eigenvalue weighted by molar-refractivity contribution is 5.69. The summed E-state index contributed by atoms with van der Waals surface area (Å²) in [5.74, 6) is -0.170. The summed E-state index contributed by atoms with van der Waals surface area (Å²) in [5, 5.41) is 8.45. The highest BCUT2D eigenvalue weighted by Crippen LogP contribution is 2.01. The molecule has 4 heteroatoms. The van der Waals surface area contributed by atoms with Gasteiger partial charge in [-0.1, -0.05) is 6.42 Å². The third kappa shape index (κ3) is 9.48. The van der Waals surface area contributed by atoms with Crippen LogP contribution in [0, 0.1) is 0 Å². The summed E-state index contributed by atoms with van der Waals surface area (Å²) < 4.78 is 9.74. The lowest BCUT2D eigenvalue weighted by atomic mass is 10.2. The van der Waals surface area contributed by atoms with Crippen LogP contribution in [0.25, 0.3) is 0 Å². The van der Waals surface area contributed by atoms with Crippen molar-refractivity contribution < 1.29 is 19.4 Å². The maximum atomic E-state index is 11.0. The Labute approximate surface area is 85.2 Å². The van der Waals surface area contributed by atoms with Gasteiger partial charge in [-0.3, -0.25) is 4.79 Å². The molecule has 0 aromatic heterocycles. The number of carbonyl (C=O) groups excluding carboxylic acids is 1. The van der Waals surface area contributed by atoms with Gasteiger partial charge in [0, 0.05) is 33.2 Å². The molecule has 0 aromatic rings. The number of aliphatic hydroxyl groups is 1. The molecular formula is C10H20O4. The van der Waals surface area contributed by atoms with Gasteiger partial charge in [0.05, 0.1) is 6.61 Å². The van der Waals surface area contributed by atoms with Crippen LogP contribution in [0.4, 0.5) is 0 Å². The zero-order chi connectivity index (χ0) is 10.6. The van der Waals surface area contributed by atoms with Gasteiger partial charge in [0.2, 0.25) is 0 Å². The molecule has 0 bridgehead atoms. The van der Waals surface area contributed by atoms with Crippen molar-refractivity contribution >= 4 is 5.97 Å². The summed E-state index contributed by atoms with van der Waals surface area (Å²) in [6, 6.07) is 0. The maximum absolute atomic E-state index is 11.0. The quantitative estimate of drug-likeness (QED) is 0.451. The van der Waals surface area contributed by atoms with Gasteiger partial charge < -0.3 is 14.6 Å². The van der Waals surface area contributed by atoms with Crippen LogP contribution in [0.3, 0.4) is 0 Å². The zero-order valence-corrected chi connectivity index (χ0v) is 8.83. The second-order valence-corrected chi connectivity index (χ2v) is 3.10. The van der Waals surface area contributed by atoms with E-state index in [4.69, 9.17) is 14.6 Å². The Morgan fingerprint density at radius 1 is 1.14 bits per heavy atom. The molecule has 0 amide bonds. The SMILES string of the molecule is COCCCCCC(=O)OCCCO. The van der Waals surface area contributed by atoms with Crippen LogP contribution in [0.1, 0.15) is 32.1 Å². The Kier molecular flexibility index (Phi) is 10.0. The van der Waals surface area contributed by atoms with Gasteiger partial charge >= 0.3 is 5.97 Å². The molecule has 0 spiro atoms. The Morgan fingerprint density at radius 3 is 2.57 bits per heavy atom. The number of rotatable bonds is 9. The van der Waals surface area contributed by atoms with E-state index in [1.807, 2.05) is 0 Å². The van der Waals surface area contributed by atoms with E-state index in [-0.39, 0.29) is 12.6 Å². The molecule has 0 atom stereocenters. The van der Waals surface area contributed by atoms with E-state index in [9.17, 15) is 4.79 Å². The van der Waals surface area contributed by atoms with E-state index in [1.165, 1.54) is 0 Å². The van der Waals surface area contributed by atoms with Crippen LogP contribution in [0.5, 0.6) is 0 Å². The lowest BCUT2D eigenvalue weighted by Crippen LogP contribution is -2.06. The molecule has 1 N–H and O–H groups in total. The fourth-order valence-electron chi connectivity index (χ4n) is 1.02. The monoisotopic (exact) mass is 204 g/mol. The number of hydrogen-bond donors (Lipinski definition) is 1. The lowest BCUT2D eigenvalue weighted by Gasteiger charge is -2.03. The first-order valence-corrected chi connectivity index (χ1v) is 5.06. The second kappa shape index (κ2) is 10.5. The summed E-state index contributed by atoms with van der Waals surface area (Å²) in [6.07, 6.45) is 3.81. The van der Waals surface area contributed by atoms with Crippen molar-refractivity contribution in [3.8, 4) is 0 Å². The standard InChI is InChI=1S/C10H20O4/c1-13-8-4-2-3-6-10(12)14-9-5-7-11/h11H,2-9H2,1H3. The summed E-state index contributed by atoms with van der Waals surface area (Å²) in [5.41, 5.74) is 0. The molecule has 14 heavy (non-hydrogen) atoms. The van der Waals surface area contributed by atoms with Gasteiger partial charge in [0.15, 0.2) is 0 Å². The fraction of sp³-hybridized carbons (Fsp3) is 0.900. The van der Waals surface area contributed by atoms with Crippen LogP contribution in [-0.4, -0.2) is 38.0 Å².